The van der Waals surface area contributed by atoms with Crippen molar-refractivity contribution < 1.29 is 0 Å². The van der Waals surface area contributed by atoms with Gasteiger partial charge >= 0.3 is 0 Å². The zero-order valence-electron chi connectivity index (χ0n) is 10.0. The highest BCUT2D eigenvalue weighted by atomic mass is 14.7. The van der Waals surface area contributed by atoms with Gasteiger partial charge in [-0.2, -0.15) is 0 Å². The smallest absolute Gasteiger partial charge is 0.0177 e. The fourth-order valence-electron chi connectivity index (χ4n) is 2.86. The maximum atomic E-state index is 6.49. The standard InChI is InChI=1S/C13H27N/c1-3-13(14,4-2)12-10-8-6-5-7-9-11-12/h12H,3-11,14H2,1-2H3. The molecule has 1 nitrogen and oxygen atoms in total. The van der Waals surface area contributed by atoms with Crippen LogP contribution in [-0.4, -0.2) is 5.54 Å². The maximum Gasteiger partial charge on any atom is 0.0177 e. The number of hydrogen-bond acceptors (Lipinski definition) is 1. The van der Waals surface area contributed by atoms with E-state index in [4.69, 9.17) is 5.73 Å². The van der Waals surface area contributed by atoms with Crippen LogP contribution in [0.1, 0.15) is 71.6 Å². The van der Waals surface area contributed by atoms with Crippen LogP contribution in [0.5, 0.6) is 0 Å². The molecule has 1 aliphatic rings. The van der Waals surface area contributed by atoms with E-state index in [-0.39, 0.29) is 5.54 Å². The second kappa shape index (κ2) is 5.75. The zero-order chi connectivity index (χ0) is 10.4. The molecule has 0 unspecified atom stereocenters. The minimum Gasteiger partial charge on any atom is -0.325 e. The van der Waals surface area contributed by atoms with E-state index in [1.165, 1.54) is 44.9 Å². The van der Waals surface area contributed by atoms with E-state index in [1.54, 1.807) is 0 Å². The normalized spacial score (nSPS) is 21.6. The van der Waals surface area contributed by atoms with E-state index >= 15 is 0 Å². The summed E-state index contributed by atoms with van der Waals surface area (Å²) in [5.74, 6) is 0.790. The Kier molecular flexibility index (Phi) is 4.94. The summed E-state index contributed by atoms with van der Waals surface area (Å²) in [7, 11) is 0. The highest BCUT2D eigenvalue weighted by Crippen LogP contribution is 2.33. The molecule has 0 aromatic rings. The first kappa shape index (κ1) is 12.0. The average molecular weight is 197 g/mol. The quantitative estimate of drug-likeness (QED) is 0.730. The lowest BCUT2D eigenvalue weighted by Gasteiger charge is -2.37. The first-order chi connectivity index (χ1) is 6.73. The third-order valence-corrected chi connectivity index (χ3v) is 4.23. The number of rotatable bonds is 3. The molecule has 14 heavy (non-hydrogen) atoms. The molecule has 1 rings (SSSR count). The molecular weight excluding hydrogens is 170 g/mol. The maximum absolute atomic E-state index is 6.49. The Balaban J connectivity index is 2.53. The molecule has 0 atom stereocenters. The molecule has 0 radical (unpaired) electrons. The van der Waals surface area contributed by atoms with E-state index in [0.717, 1.165) is 18.8 Å². The lowest BCUT2D eigenvalue weighted by atomic mass is 9.74. The third kappa shape index (κ3) is 2.98. The molecule has 2 N–H and O–H groups in total. The van der Waals surface area contributed by atoms with E-state index in [1.807, 2.05) is 0 Å². The zero-order valence-corrected chi connectivity index (χ0v) is 10.0. The van der Waals surface area contributed by atoms with E-state index in [9.17, 15) is 0 Å². The molecule has 0 amide bonds. The van der Waals surface area contributed by atoms with Crippen molar-refractivity contribution in [3.05, 3.63) is 0 Å². The minimum absolute atomic E-state index is 0.136. The second-order valence-electron chi connectivity index (χ2n) is 4.98. The number of hydrogen-bond donors (Lipinski definition) is 1. The van der Waals surface area contributed by atoms with Gasteiger partial charge in [0.2, 0.25) is 0 Å². The highest BCUT2D eigenvalue weighted by Gasteiger charge is 2.30. The molecule has 0 spiro atoms. The summed E-state index contributed by atoms with van der Waals surface area (Å²) < 4.78 is 0. The number of nitrogens with two attached hydrogens (primary N) is 1. The van der Waals surface area contributed by atoms with Crippen LogP contribution in [0.25, 0.3) is 0 Å². The van der Waals surface area contributed by atoms with Gasteiger partial charge in [0, 0.05) is 5.54 Å². The molecular formula is C13H27N. The Morgan fingerprint density at radius 2 is 1.36 bits per heavy atom. The molecule has 0 aromatic carbocycles. The Bertz CT molecular complexity index is 141. The SMILES string of the molecule is CCC(N)(CC)C1CCCCCCC1. The molecule has 0 aliphatic heterocycles. The summed E-state index contributed by atoms with van der Waals surface area (Å²) in [4.78, 5) is 0. The van der Waals surface area contributed by atoms with Gasteiger partial charge in [0.05, 0.1) is 0 Å². The van der Waals surface area contributed by atoms with Gasteiger partial charge in [0.1, 0.15) is 0 Å². The van der Waals surface area contributed by atoms with Crippen molar-refractivity contribution in [2.24, 2.45) is 11.7 Å². The van der Waals surface area contributed by atoms with Gasteiger partial charge in [0.25, 0.3) is 0 Å². The van der Waals surface area contributed by atoms with Gasteiger partial charge in [-0.3, -0.25) is 0 Å². The predicted molar refractivity (Wildman–Crippen MR) is 63.3 cm³/mol. The molecule has 0 saturated heterocycles. The van der Waals surface area contributed by atoms with Gasteiger partial charge in [0.15, 0.2) is 0 Å². The first-order valence-corrected chi connectivity index (χ1v) is 6.52. The van der Waals surface area contributed by atoms with Crippen molar-refractivity contribution in [3.8, 4) is 0 Å². The van der Waals surface area contributed by atoms with Crippen molar-refractivity contribution in [1.29, 1.82) is 0 Å². The van der Waals surface area contributed by atoms with Gasteiger partial charge in [-0.1, -0.05) is 46.0 Å². The van der Waals surface area contributed by atoms with Crippen molar-refractivity contribution in [1.82, 2.24) is 0 Å². The Labute approximate surface area is 89.5 Å². The molecule has 1 saturated carbocycles. The minimum atomic E-state index is 0.136. The van der Waals surface area contributed by atoms with Crippen LogP contribution in [-0.2, 0) is 0 Å². The lowest BCUT2D eigenvalue weighted by molar-refractivity contribution is 0.206. The predicted octanol–water partition coefficient (Wildman–Crippen LogP) is 3.86. The van der Waals surface area contributed by atoms with Crippen LogP contribution in [0.2, 0.25) is 0 Å². The topological polar surface area (TPSA) is 26.0 Å². The summed E-state index contributed by atoms with van der Waals surface area (Å²) in [5, 5.41) is 0. The van der Waals surface area contributed by atoms with Gasteiger partial charge in [-0.05, 0) is 31.6 Å². The highest BCUT2D eigenvalue weighted by molar-refractivity contribution is 4.89. The van der Waals surface area contributed by atoms with Gasteiger partial charge in [-0.15, -0.1) is 0 Å². The average Bonchev–Trinajstić information content (AvgIpc) is 2.16. The monoisotopic (exact) mass is 197 g/mol. The van der Waals surface area contributed by atoms with Crippen molar-refractivity contribution in [3.63, 3.8) is 0 Å². The first-order valence-electron chi connectivity index (χ1n) is 6.52. The Hall–Kier alpha value is -0.0400. The fraction of sp³-hybridized carbons (Fsp3) is 1.00. The van der Waals surface area contributed by atoms with E-state index < -0.39 is 0 Å². The largest absolute Gasteiger partial charge is 0.325 e. The summed E-state index contributed by atoms with van der Waals surface area (Å²) in [6.45, 7) is 4.50. The molecule has 0 heterocycles. The molecule has 0 aromatic heterocycles. The Morgan fingerprint density at radius 3 is 1.79 bits per heavy atom. The summed E-state index contributed by atoms with van der Waals surface area (Å²) in [6, 6.07) is 0. The van der Waals surface area contributed by atoms with Crippen LogP contribution >= 0.6 is 0 Å². The Morgan fingerprint density at radius 1 is 0.929 bits per heavy atom. The molecule has 84 valence electrons. The van der Waals surface area contributed by atoms with Crippen LogP contribution < -0.4 is 5.73 Å². The molecule has 1 aliphatic carbocycles. The molecule has 1 heteroatoms. The lowest BCUT2D eigenvalue weighted by Crippen LogP contribution is -2.46. The molecule has 1 fully saturated rings. The van der Waals surface area contributed by atoms with Crippen LogP contribution in [0.15, 0.2) is 0 Å². The summed E-state index contributed by atoms with van der Waals surface area (Å²) in [6.07, 6.45) is 12.2. The fourth-order valence-corrected chi connectivity index (χ4v) is 2.86. The third-order valence-electron chi connectivity index (χ3n) is 4.23. The van der Waals surface area contributed by atoms with Crippen molar-refractivity contribution in [2.75, 3.05) is 0 Å². The van der Waals surface area contributed by atoms with Crippen molar-refractivity contribution in [2.45, 2.75) is 77.2 Å². The van der Waals surface area contributed by atoms with Crippen LogP contribution in [0.4, 0.5) is 0 Å². The molecule has 0 bridgehead atoms. The second-order valence-corrected chi connectivity index (χ2v) is 4.98. The van der Waals surface area contributed by atoms with E-state index in [0.29, 0.717) is 0 Å². The van der Waals surface area contributed by atoms with Gasteiger partial charge < -0.3 is 5.73 Å². The van der Waals surface area contributed by atoms with E-state index in [2.05, 4.69) is 13.8 Å². The van der Waals surface area contributed by atoms with Gasteiger partial charge in [-0.25, -0.2) is 0 Å². The van der Waals surface area contributed by atoms with Crippen molar-refractivity contribution >= 4 is 0 Å². The summed E-state index contributed by atoms with van der Waals surface area (Å²) in [5.41, 5.74) is 6.63. The van der Waals surface area contributed by atoms with Crippen LogP contribution in [0.3, 0.4) is 0 Å². The summed E-state index contributed by atoms with van der Waals surface area (Å²) >= 11 is 0. The van der Waals surface area contributed by atoms with Crippen LogP contribution in [0, 0.1) is 5.92 Å².